The van der Waals surface area contributed by atoms with Gasteiger partial charge in [-0.05, 0) is 75.1 Å². The Morgan fingerprint density at radius 1 is 1.17 bits per heavy atom. The first-order chi connectivity index (χ1) is 8.75. The summed E-state index contributed by atoms with van der Waals surface area (Å²) in [5.41, 5.74) is 8.73. The van der Waals surface area contributed by atoms with Crippen molar-refractivity contribution >= 4 is 0 Å². The lowest BCUT2D eigenvalue weighted by Gasteiger charge is -2.16. The largest absolute Gasteiger partial charge is 0.494 e. The molecule has 0 fully saturated rings. The van der Waals surface area contributed by atoms with Crippen LogP contribution in [0.3, 0.4) is 0 Å². The van der Waals surface area contributed by atoms with Gasteiger partial charge in [0.05, 0.1) is 6.61 Å². The number of hydrogen-bond acceptors (Lipinski definition) is 2. The third kappa shape index (κ3) is 4.02. The van der Waals surface area contributed by atoms with E-state index in [0.29, 0.717) is 6.04 Å². The summed E-state index contributed by atoms with van der Waals surface area (Å²) in [4.78, 5) is 0. The van der Waals surface area contributed by atoms with Crippen molar-refractivity contribution in [2.24, 2.45) is 5.73 Å². The van der Waals surface area contributed by atoms with Crippen LogP contribution in [0.15, 0.2) is 18.2 Å². The monoisotopic (exact) mass is 247 g/mol. The van der Waals surface area contributed by atoms with Crippen molar-refractivity contribution in [3.63, 3.8) is 0 Å². The lowest BCUT2D eigenvalue weighted by Crippen LogP contribution is -2.14. The number of unbranched alkanes of at least 4 members (excludes halogenated alkanes) is 1. The fourth-order valence-electron chi connectivity index (χ4n) is 2.56. The maximum atomic E-state index is 5.81. The van der Waals surface area contributed by atoms with E-state index in [2.05, 4.69) is 25.1 Å². The second-order valence-electron chi connectivity index (χ2n) is 5.46. The molecule has 2 heteroatoms. The van der Waals surface area contributed by atoms with Gasteiger partial charge in [0.1, 0.15) is 5.75 Å². The van der Waals surface area contributed by atoms with Crippen LogP contribution in [0.5, 0.6) is 5.75 Å². The first-order valence-corrected chi connectivity index (χ1v) is 7.26. The zero-order valence-electron chi connectivity index (χ0n) is 11.5. The van der Waals surface area contributed by atoms with Crippen LogP contribution in [0.2, 0.25) is 0 Å². The van der Waals surface area contributed by atoms with E-state index in [1.807, 2.05) is 0 Å². The van der Waals surface area contributed by atoms with Crippen LogP contribution < -0.4 is 10.5 Å². The molecule has 1 aliphatic rings. The molecule has 1 aromatic rings. The lowest BCUT2D eigenvalue weighted by molar-refractivity contribution is 0.303. The van der Waals surface area contributed by atoms with Crippen molar-refractivity contribution in [2.75, 3.05) is 6.61 Å². The average molecular weight is 247 g/mol. The molecule has 0 aromatic heterocycles. The Labute approximate surface area is 111 Å². The van der Waals surface area contributed by atoms with E-state index in [1.165, 1.54) is 36.8 Å². The first kappa shape index (κ1) is 13.4. The zero-order valence-corrected chi connectivity index (χ0v) is 11.5. The fourth-order valence-corrected chi connectivity index (χ4v) is 2.56. The third-order valence-corrected chi connectivity index (χ3v) is 3.64. The van der Waals surface area contributed by atoms with Crippen molar-refractivity contribution < 1.29 is 4.74 Å². The van der Waals surface area contributed by atoms with Crippen LogP contribution >= 0.6 is 0 Å². The zero-order chi connectivity index (χ0) is 12.8. The Hall–Kier alpha value is -1.02. The van der Waals surface area contributed by atoms with Crippen molar-refractivity contribution in [2.45, 2.75) is 57.9 Å². The van der Waals surface area contributed by atoms with E-state index in [4.69, 9.17) is 10.5 Å². The Morgan fingerprint density at radius 2 is 1.94 bits per heavy atom. The van der Waals surface area contributed by atoms with Crippen LogP contribution in [-0.2, 0) is 12.8 Å². The molecule has 1 unspecified atom stereocenters. The molecule has 0 heterocycles. The van der Waals surface area contributed by atoms with E-state index in [9.17, 15) is 0 Å². The van der Waals surface area contributed by atoms with Crippen molar-refractivity contribution in [3.05, 3.63) is 29.3 Å². The van der Waals surface area contributed by atoms with Crippen LogP contribution in [0, 0.1) is 0 Å². The van der Waals surface area contributed by atoms with Gasteiger partial charge in [0.2, 0.25) is 0 Å². The van der Waals surface area contributed by atoms with Gasteiger partial charge in [0.25, 0.3) is 0 Å². The smallest absolute Gasteiger partial charge is 0.119 e. The van der Waals surface area contributed by atoms with Gasteiger partial charge in [-0.15, -0.1) is 0 Å². The molecular weight excluding hydrogens is 222 g/mol. The molecule has 0 saturated heterocycles. The van der Waals surface area contributed by atoms with Crippen molar-refractivity contribution in [3.8, 4) is 5.75 Å². The summed E-state index contributed by atoms with van der Waals surface area (Å²) < 4.78 is 5.81. The van der Waals surface area contributed by atoms with Gasteiger partial charge in [-0.1, -0.05) is 6.07 Å². The van der Waals surface area contributed by atoms with Gasteiger partial charge >= 0.3 is 0 Å². The standard InChI is InChI=1S/C16H25NO/c1-13(17)6-4-5-11-18-16-10-9-14-7-2-3-8-15(14)12-16/h9-10,12-13H,2-8,11,17H2,1H3. The van der Waals surface area contributed by atoms with Crippen LogP contribution in [0.1, 0.15) is 50.2 Å². The summed E-state index contributed by atoms with van der Waals surface area (Å²) >= 11 is 0. The van der Waals surface area contributed by atoms with Gasteiger partial charge in [0.15, 0.2) is 0 Å². The summed E-state index contributed by atoms with van der Waals surface area (Å²) in [5, 5.41) is 0. The second kappa shape index (κ2) is 6.79. The molecule has 1 aromatic carbocycles. The normalized spacial score (nSPS) is 16.1. The van der Waals surface area contributed by atoms with E-state index in [0.717, 1.165) is 31.6 Å². The number of nitrogens with two attached hydrogens (primary N) is 1. The number of fused-ring (bicyclic) bond motifs is 1. The maximum Gasteiger partial charge on any atom is 0.119 e. The molecule has 0 amide bonds. The molecule has 0 bridgehead atoms. The molecule has 1 aliphatic carbocycles. The Morgan fingerprint density at radius 3 is 2.72 bits per heavy atom. The van der Waals surface area contributed by atoms with Gasteiger partial charge < -0.3 is 10.5 Å². The highest BCUT2D eigenvalue weighted by Crippen LogP contribution is 2.25. The molecule has 2 rings (SSSR count). The molecule has 1 atom stereocenters. The summed E-state index contributed by atoms with van der Waals surface area (Å²) in [6.45, 7) is 2.87. The molecule has 100 valence electrons. The topological polar surface area (TPSA) is 35.2 Å². The molecule has 0 saturated carbocycles. The SMILES string of the molecule is CC(N)CCCCOc1ccc2c(c1)CCCC2. The number of aryl methyl sites for hydroxylation is 2. The fraction of sp³-hybridized carbons (Fsp3) is 0.625. The minimum Gasteiger partial charge on any atom is -0.494 e. The predicted octanol–water partition coefficient (Wildman–Crippen LogP) is 3.46. The van der Waals surface area contributed by atoms with Gasteiger partial charge in [-0.2, -0.15) is 0 Å². The van der Waals surface area contributed by atoms with Gasteiger partial charge in [-0.3, -0.25) is 0 Å². The number of hydrogen-bond donors (Lipinski definition) is 1. The lowest BCUT2D eigenvalue weighted by atomic mass is 9.92. The Bertz CT molecular complexity index is 373. The van der Waals surface area contributed by atoms with Crippen LogP contribution in [0.25, 0.3) is 0 Å². The van der Waals surface area contributed by atoms with E-state index in [1.54, 1.807) is 0 Å². The highest BCUT2D eigenvalue weighted by atomic mass is 16.5. The van der Waals surface area contributed by atoms with Crippen LogP contribution in [0.4, 0.5) is 0 Å². The summed E-state index contributed by atoms with van der Waals surface area (Å²) in [6.07, 6.45) is 8.46. The van der Waals surface area contributed by atoms with Crippen LogP contribution in [-0.4, -0.2) is 12.6 Å². The first-order valence-electron chi connectivity index (χ1n) is 7.26. The van der Waals surface area contributed by atoms with E-state index in [-0.39, 0.29) is 0 Å². The van der Waals surface area contributed by atoms with Crippen molar-refractivity contribution in [1.29, 1.82) is 0 Å². The minimum atomic E-state index is 0.314. The average Bonchev–Trinajstić information content (AvgIpc) is 2.38. The predicted molar refractivity (Wildman–Crippen MR) is 76.1 cm³/mol. The molecule has 0 radical (unpaired) electrons. The molecule has 18 heavy (non-hydrogen) atoms. The summed E-state index contributed by atoms with van der Waals surface area (Å²) in [5.74, 6) is 1.04. The maximum absolute atomic E-state index is 5.81. The number of benzene rings is 1. The molecule has 2 N–H and O–H groups in total. The third-order valence-electron chi connectivity index (χ3n) is 3.64. The number of ether oxygens (including phenoxy) is 1. The highest BCUT2D eigenvalue weighted by molar-refractivity contribution is 5.37. The summed E-state index contributed by atoms with van der Waals surface area (Å²) in [7, 11) is 0. The van der Waals surface area contributed by atoms with E-state index < -0.39 is 0 Å². The Balaban J connectivity index is 1.76. The summed E-state index contributed by atoms with van der Waals surface area (Å²) in [6, 6.07) is 6.91. The second-order valence-corrected chi connectivity index (χ2v) is 5.46. The molecule has 0 aliphatic heterocycles. The quantitative estimate of drug-likeness (QED) is 0.781. The molecule has 2 nitrogen and oxygen atoms in total. The van der Waals surface area contributed by atoms with Crippen molar-refractivity contribution in [1.82, 2.24) is 0 Å². The number of rotatable bonds is 6. The highest BCUT2D eigenvalue weighted by Gasteiger charge is 2.09. The minimum absolute atomic E-state index is 0.314. The van der Waals surface area contributed by atoms with Gasteiger partial charge in [0, 0.05) is 6.04 Å². The van der Waals surface area contributed by atoms with E-state index >= 15 is 0 Å². The molecular formula is C16H25NO. The van der Waals surface area contributed by atoms with Gasteiger partial charge in [-0.25, -0.2) is 0 Å². The Kier molecular flexibility index (Phi) is 5.06. The molecule has 0 spiro atoms.